The van der Waals surface area contributed by atoms with E-state index in [9.17, 15) is 20.1 Å². The summed E-state index contributed by atoms with van der Waals surface area (Å²) in [5.74, 6) is -0.700. The van der Waals surface area contributed by atoms with Crippen LogP contribution in [0, 0.1) is 34.5 Å². The van der Waals surface area contributed by atoms with E-state index in [2.05, 4.69) is 6.92 Å². The van der Waals surface area contributed by atoms with Gasteiger partial charge >= 0.3 is 0 Å². The third-order valence-corrected chi connectivity index (χ3v) is 9.32. The van der Waals surface area contributed by atoms with Crippen LogP contribution in [0.3, 0.4) is 0 Å². The molecule has 1 saturated heterocycles. The number of carbonyl (C=O) groups is 1. The molecule has 1 heterocycles. The van der Waals surface area contributed by atoms with Crippen molar-refractivity contribution < 1.29 is 29.6 Å². The molecule has 152 valence electrons. The number of hydrogen-bond donors (Lipinski definition) is 3. The lowest BCUT2D eigenvalue weighted by Crippen LogP contribution is -2.64. The number of carbonyl (C=O) groups excluding carboxylic acids is 1. The Morgan fingerprint density at radius 2 is 1.70 bits per heavy atom. The van der Waals surface area contributed by atoms with Crippen molar-refractivity contribution in [2.45, 2.75) is 76.5 Å². The van der Waals surface area contributed by atoms with Gasteiger partial charge in [-0.15, -0.1) is 0 Å². The minimum Gasteiger partial charge on any atom is -0.393 e. The second kappa shape index (κ2) is 5.76. The molecule has 6 nitrogen and oxygen atoms in total. The minimum atomic E-state index is -0.932. The summed E-state index contributed by atoms with van der Waals surface area (Å²) >= 11 is 0. The molecule has 4 saturated carbocycles. The highest BCUT2D eigenvalue weighted by atomic mass is 16.7. The largest absolute Gasteiger partial charge is 0.393 e. The molecule has 0 radical (unpaired) electrons. The minimum absolute atomic E-state index is 0.0435. The van der Waals surface area contributed by atoms with E-state index in [1.165, 1.54) is 0 Å². The number of Topliss-reactive ketones (excluding diaryl/α,β-unsaturated/α-hetero) is 1. The van der Waals surface area contributed by atoms with Crippen LogP contribution in [0.15, 0.2) is 0 Å². The van der Waals surface area contributed by atoms with Gasteiger partial charge < -0.3 is 24.8 Å². The molecule has 6 heteroatoms. The van der Waals surface area contributed by atoms with Gasteiger partial charge in [0.25, 0.3) is 0 Å². The summed E-state index contributed by atoms with van der Waals surface area (Å²) in [7, 11) is 0. The Bertz CT molecular complexity index is 645. The summed E-state index contributed by atoms with van der Waals surface area (Å²) in [5.41, 5.74) is -0.976. The van der Waals surface area contributed by atoms with Crippen molar-refractivity contribution in [2.24, 2.45) is 34.5 Å². The molecule has 3 N–H and O–H groups in total. The predicted molar refractivity (Wildman–Crippen MR) is 95.5 cm³/mol. The van der Waals surface area contributed by atoms with Gasteiger partial charge in [0.15, 0.2) is 5.79 Å². The SMILES string of the molecule is C[C@]12CCC3(C[C@@H]1C[C@@H](O)[C@H]1[C@@H]4[C@@H](O)CC(=O)[C@@]4(C)[C@H](O)C[C@@H]12)OCCO3. The van der Waals surface area contributed by atoms with Crippen LogP contribution in [0.5, 0.6) is 0 Å². The Labute approximate surface area is 160 Å². The number of ketones is 1. The predicted octanol–water partition coefficient (Wildman–Crippen LogP) is 1.25. The summed E-state index contributed by atoms with van der Waals surface area (Å²) in [6.45, 7) is 5.34. The van der Waals surface area contributed by atoms with Gasteiger partial charge in [-0.3, -0.25) is 4.79 Å². The van der Waals surface area contributed by atoms with E-state index in [-0.39, 0.29) is 41.3 Å². The molecule has 0 aromatic carbocycles. The van der Waals surface area contributed by atoms with E-state index in [0.717, 1.165) is 19.3 Å². The third-order valence-electron chi connectivity index (χ3n) is 9.32. The molecule has 0 unspecified atom stereocenters. The highest BCUT2D eigenvalue weighted by Crippen LogP contribution is 2.66. The van der Waals surface area contributed by atoms with Crippen LogP contribution in [0.1, 0.15) is 52.4 Å². The first kappa shape index (κ1) is 18.5. The number of ether oxygens (including phenoxy) is 2. The first-order valence-electron chi connectivity index (χ1n) is 10.6. The molecule has 5 fully saturated rings. The molecule has 0 aromatic heterocycles. The molecular weight excluding hydrogens is 348 g/mol. The molecule has 1 aliphatic heterocycles. The lowest BCUT2D eigenvalue weighted by atomic mass is 9.43. The Kier molecular flexibility index (Phi) is 3.94. The average Bonchev–Trinajstić information content (AvgIpc) is 3.15. The van der Waals surface area contributed by atoms with Crippen molar-refractivity contribution in [1.82, 2.24) is 0 Å². The summed E-state index contributed by atoms with van der Waals surface area (Å²) in [4.78, 5) is 12.6. The van der Waals surface area contributed by atoms with E-state index in [4.69, 9.17) is 9.47 Å². The Balaban J connectivity index is 1.51. The number of rotatable bonds is 0. The van der Waals surface area contributed by atoms with Crippen molar-refractivity contribution in [3.05, 3.63) is 0 Å². The topological polar surface area (TPSA) is 96.2 Å². The first-order chi connectivity index (χ1) is 12.7. The van der Waals surface area contributed by atoms with Gasteiger partial charge in [0, 0.05) is 25.2 Å². The third kappa shape index (κ3) is 2.28. The fourth-order valence-corrected chi connectivity index (χ4v) is 7.72. The molecular formula is C21H32O6. The van der Waals surface area contributed by atoms with Crippen molar-refractivity contribution in [3.8, 4) is 0 Å². The van der Waals surface area contributed by atoms with Gasteiger partial charge in [-0.25, -0.2) is 0 Å². The summed E-state index contributed by atoms with van der Waals surface area (Å²) in [6, 6.07) is 0. The smallest absolute Gasteiger partial charge is 0.168 e. The summed E-state index contributed by atoms with van der Waals surface area (Å²) < 4.78 is 11.9. The zero-order valence-corrected chi connectivity index (χ0v) is 16.3. The Morgan fingerprint density at radius 1 is 1.00 bits per heavy atom. The van der Waals surface area contributed by atoms with Crippen molar-refractivity contribution >= 4 is 5.78 Å². The first-order valence-corrected chi connectivity index (χ1v) is 10.6. The summed E-state index contributed by atoms with van der Waals surface area (Å²) in [6.07, 6.45) is 1.71. The van der Waals surface area contributed by atoms with Gasteiger partial charge in [0.05, 0.1) is 36.9 Å². The van der Waals surface area contributed by atoms with Crippen LogP contribution in [0.2, 0.25) is 0 Å². The zero-order valence-electron chi connectivity index (χ0n) is 16.3. The average molecular weight is 380 g/mol. The lowest BCUT2D eigenvalue weighted by molar-refractivity contribution is -0.252. The van der Waals surface area contributed by atoms with Gasteiger partial charge in [0.2, 0.25) is 0 Å². The number of aliphatic hydroxyl groups is 3. The molecule has 5 aliphatic rings. The van der Waals surface area contributed by atoms with Crippen molar-refractivity contribution in [3.63, 3.8) is 0 Å². The van der Waals surface area contributed by atoms with Gasteiger partial charge in [-0.1, -0.05) is 6.92 Å². The van der Waals surface area contributed by atoms with Gasteiger partial charge in [-0.2, -0.15) is 0 Å². The summed E-state index contributed by atoms with van der Waals surface area (Å²) in [5, 5.41) is 32.9. The maximum Gasteiger partial charge on any atom is 0.168 e. The van der Waals surface area contributed by atoms with E-state index in [1.807, 2.05) is 0 Å². The zero-order chi connectivity index (χ0) is 19.2. The quantitative estimate of drug-likeness (QED) is 0.585. The van der Waals surface area contributed by atoms with E-state index >= 15 is 0 Å². The Hall–Kier alpha value is -0.530. The normalized spacial score (nSPS) is 56.6. The monoisotopic (exact) mass is 380 g/mol. The lowest BCUT2D eigenvalue weighted by Gasteiger charge is -2.63. The van der Waals surface area contributed by atoms with Gasteiger partial charge in [-0.05, 0) is 49.4 Å². The molecule has 1 spiro atoms. The van der Waals surface area contributed by atoms with Crippen LogP contribution < -0.4 is 0 Å². The van der Waals surface area contributed by atoms with Crippen LogP contribution in [0.25, 0.3) is 0 Å². The molecule has 0 aromatic rings. The van der Waals surface area contributed by atoms with Gasteiger partial charge in [0.1, 0.15) is 5.78 Å². The molecule has 0 amide bonds. The highest BCUT2D eigenvalue weighted by molar-refractivity contribution is 5.88. The van der Waals surface area contributed by atoms with Crippen LogP contribution in [-0.2, 0) is 14.3 Å². The van der Waals surface area contributed by atoms with E-state index in [1.54, 1.807) is 6.92 Å². The highest BCUT2D eigenvalue weighted by Gasteiger charge is 2.68. The maximum atomic E-state index is 12.6. The van der Waals surface area contributed by atoms with E-state index < -0.39 is 29.5 Å². The van der Waals surface area contributed by atoms with Crippen molar-refractivity contribution in [1.29, 1.82) is 0 Å². The van der Waals surface area contributed by atoms with Crippen LogP contribution in [-0.4, -0.2) is 58.4 Å². The number of fused-ring (bicyclic) bond motifs is 5. The second-order valence-electron chi connectivity index (χ2n) is 10.3. The fourth-order valence-electron chi connectivity index (χ4n) is 7.72. The molecule has 0 bridgehead atoms. The molecule has 5 rings (SSSR count). The number of aliphatic hydroxyl groups excluding tert-OH is 3. The molecule has 27 heavy (non-hydrogen) atoms. The standard InChI is InChI=1S/C21H32O6/c1-19-3-4-21(26-5-6-27-21)10-11(19)7-13(22)17-12(19)8-15(24)20(2)16(25)9-14(23)18(17)20/h11-15,17-18,22-24H,3-10H2,1-2H3/t11-,12-,13+,14-,15+,17-,18-,19-,20+/m0/s1. The van der Waals surface area contributed by atoms with E-state index in [0.29, 0.717) is 26.1 Å². The number of hydrogen-bond acceptors (Lipinski definition) is 6. The molecule has 9 atom stereocenters. The maximum absolute atomic E-state index is 12.6. The fraction of sp³-hybridized carbons (Fsp3) is 0.952. The second-order valence-corrected chi connectivity index (χ2v) is 10.3. The van der Waals surface area contributed by atoms with Crippen LogP contribution >= 0.6 is 0 Å². The van der Waals surface area contributed by atoms with Crippen molar-refractivity contribution in [2.75, 3.05) is 13.2 Å². The molecule has 4 aliphatic carbocycles. The van der Waals surface area contributed by atoms with Crippen LogP contribution in [0.4, 0.5) is 0 Å². The Morgan fingerprint density at radius 3 is 2.41 bits per heavy atom.